The fourth-order valence-corrected chi connectivity index (χ4v) is 14.1. The summed E-state index contributed by atoms with van der Waals surface area (Å²) in [7, 11) is 0. The van der Waals surface area contributed by atoms with E-state index in [1.807, 2.05) is 0 Å². The van der Waals surface area contributed by atoms with Crippen molar-refractivity contribution in [1.82, 2.24) is 4.90 Å². The molecular formula is C39H63NO10. The second kappa shape index (κ2) is 12.1. The third kappa shape index (κ3) is 5.06. The van der Waals surface area contributed by atoms with E-state index in [4.69, 9.17) is 18.9 Å². The van der Waals surface area contributed by atoms with Crippen LogP contribution in [0.3, 0.4) is 0 Å². The number of aliphatic hydroxyl groups excluding tert-OH is 2. The fraction of sp³-hybridized carbons (Fsp3) is 0.949. The topological polar surface area (TPSA) is 155 Å². The van der Waals surface area contributed by atoms with E-state index in [0.717, 1.165) is 38.5 Å². The van der Waals surface area contributed by atoms with Gasteiger partial charge in [-0.05, 0) is 111 Å². The van der Waals surface area contributed by atoms with Gasteiger partial charge in [-0.25, -0.2) is 0 Å². The van der Waals surface area contributed by atoms with E-state index >= 15 is 0 Å². The number of rotatable bonds is 8. The summed E-state index contributed by atoms with van der Waals surface area (Å²) in [5, 5.41) is 42.9. The van der Waals surface area contributed by atoms with Gasteiger partial charge in [0, 0.05) is 18.9 Å². The first-order valence-electron chi connectivity index (χ1n) is 19.4. The number of morpholine rings is 1. The molecule has 7 aliphatic rings. The highest BCUT2D eigenvalue weighted by Gasteiger charge is 2.84. The zero-order valence-corrected chi connectivity index (χ0v) is 31.5. The van der Waals surface area contributed by atoms with Crippen molar-refractivity contribution in [2.45, 2.75) is 155 Å². The molecule has 15 atom stereocenters. The molecule has 2 saturated heterocycles. The number of hydrogen-bond donors (Lipinski definition) is 4. The second-order valence-corrected chi connectivity index (χ2v) is 19.2. The Kier molecular flexibility index (Phi) is 8.94. The minimum absolute atomic E-state index is 0.0220. The van der Waals surface area contributed by atoms with Crippen molar-refractivity contribution in [1.29, 1.82) is 0 Å². The number of carboxylic acids is 1. The maximum Gasteiger partial charge on any atom is 0.323 e. The van der Waals surface area contributed by atoms with E-state index in [-0.39, 0.29) is 51.1 Å². The van der Waals surface area contributed by atoms with Gasteiger partial charge in [-0.2, -0.15) is 0 Å². The molecule has 7 fully saturated rings. The molecule has 5 aliphatic carbocycles. The Hall–Kier alpha value is -1.34. The zero-order chi connectivity index (χ0) is 36.4. The number of ether oxygens (including phenoxy) is 4. The Balaban J connectivity index is 1.11. The normalized spacial score (nSPS) is 49.3. The molecular weight excluding hydrogens is 642 g/mol. The number of carbonyl (C=O) groups is 2. The molecule has 0 aromatic rings. The van der Waals surface area contributed by atoms with Crippen molar-refractivity contribution in [3.8, 4) is 0 Å². The highest BCUT2D eigenvalue weighted by atomic mass is 16.7. The van der Waals surface area contributed by atoms with E-state index in [1.54, 1.807) is 18.7 Å². The van der Waals surface area contributed by atoms with Crippen LogP contribution in [0.4, 0.5) is 0 Å². The number of fused-ring (bicyclic) bond motifs is 4. The van der Waals surface area contributed by atoms with Crippen LogP contribution in [0.5, 0.6) is 0 Å². The molecule has 2 spiro atoms. The summed E-state index contributed by atoms with van der Waals surface area (Å²) < 4.78 is 25.3. The third-order valence-corrected chi connectivity index (χ3v) is 16.4. The molecule has 2 heterocycles. The van der Waals surface area contributed by atoms with Crippen molar-refractivity contribution in [3.63, 3.8) is 0 Å². The van der Waals surface area contributed by atoms with Gasteiger partial charge in [-0.3, -0.25) is 14.5 Å². The van der Waals surface area contributed by atoms with Crippen LogP contribution >= 0.6 is 0 Å². The average molecular weight is 706 g/mol. The molecule has 50 heavy (non-hydrogen) atoms. The van der Waals surface area contributed by atoms with E-state index < -0.39 is 54.8 Å². The molecule has 2 aliphatic heterocycles. The van der Waals surface area contributed by atoms with Crippen LogP contribution in [0.2, 0.25) is 0 Å². The van der Waals surface area contributed by atoms with E-state index in [2.05, 4.69) is 34.6 Å². The third-order valence-electron chi connectivity index (χ3n) is 16.4. The number of aliphatic hydroxyl groups is 3. The van der Waals surface area contributed by atoms with Gasteiger partial charge in [0.25, 0.3) is 0 Å². The molecule has 0 aromatic carbocycles. The molecule has 4 N–H and O–H groups in total. The number of nitrogens with zero attached hydrogens (tertiary/aromatic N) is 1. The fourth-order valence-electron chi connectivity index (χ4n) is 14.1. The van der Waals surface area contributed by atoms with Crippen LogP contribution in [0, 0.1) is 50.7 Å². The predicted molar refractivity (Wildman–Crippen MR) is 183 cm³/mol. The summed E-state index contributed by atoms with van der Waals surface area (Å²) in [6.07, 6.45) is 5.26. The lowest BCUT2D eigenvalue weighted by Crippen LogP contribution is -2.60. The van der Waals surface area contributed by atoms with Gasteiger partial charge >= 0.3 is 11.9 Å². The predicted octanol–water partition coefficient (Wildman–Crippen LogP) is 3.99. The van der Waals surface area contributed by atoms with Crippen molar-refractivity contribution in [2.75, 3.05) is 26.3 Å². The summed E-state index contributed by atoms with van der Waals surface area (Å²) in [6.45, 7) is 17.1. The first-order chi connectivity index (χ1) is 23.3. The van der Waals surface area contributed by atoms with Gasteiger partial charge in [0.15, 0.2) is 12.4 Å². The van der Waals surface area contributed by atoms with Crippen LogP contribution in [0.25, 0.3) is 0 Å². The van der Waals surface area contributed by atoms with Crippen LogP contribution in [-0.4, -0.2) is 112 Å². The minimum Gasteiger partial charge on any atom is -0.480 e. The van der Waals surface area contributed by atoms with Crippen LogP contribution in [0.1, 0.15) is 107 Å². The number of carbonyl (C=O) groups excluding carboxylic acids is 1. The molecule has 11 nitrogen and oxygen atoms in total. The van der Waals surface area contributed by atoms with Gasteiger partial charge < -0.3 is 39.4 Å². The van der Waals surface area contributed by atoms with Gasteiger partial charge in [0.1, 0.15) is 6.04 Å². The van der Waals surface area contributed by atoms with Crippen LogP contribution in [0.15, 0.2) is 0 Å². The lowest BCUT2D eigenvalue weighted by Gasteiger charge is -2.64. The van der Waals surface area contributed by atoms with E-state index in [9.17, 15) is 30.0 Å². The van der Waals surface area contributed by atoms with Crippen LogP contribution in [-0.2, 0) is 28.5 Å². The lowest BCUT2D eigenvalue weighted by atomic mass is 9.41. The number of esters is 1. The smallest absolute Gasteiger partial charge is 0.323 e. The Morgan fingerprint density at radius 3 is 2.36 bits per heavy atom. The van der Waals surface area contributed by atoms with Gasteiger partial charge in [-0.15, -0.1) is 0 Å². The van der Waals surface area contributed by atoms with Gasteiger partial charge in [-0.1, -0.05) is 34.6 Å². The molecule has 0 radical (unpaired) electrons. The highest BCUT2D eigenvalue weighted by Crippen LogP contribution is 2.89. The van der Waals surface area contributed by atoms with Gasteiger partial charge in [0.05, 0.1) is 49.8 Å². The van der Waals surface area contributed by atoms with Crippen molar-refractivity contribution in [2.24, 2.45) is 50.7 Å². The molecule has 284 valence electrons. The monoisotopic (exact) mass is 705 g/mol. The van der Waals surface area contributed by atoms with E-state index in [0.29, 0.717) is 38.0 Å². The van der Waals surface area contributed by atoms with Crippen molar-refractivity contribution in [3.05, 3.63) is 0 Å². The van der Waals surface area contributed by atoms with Crippen molar-refractivity contribution >= 4 is 11.9 Å². The standard InChI is InChI=1S/C39H63NO10/c1-21-17-24(32(35(5,6)46)48-22(2)42)49-30-29(21)36(7)13-14-39-20-38(39)12-11-27(50-28-18-40(15-16-47-28)23(19-41)33(44)45)34(3,4)25(38)9-10-26(39)37(36,8)31(30)43/h21,23-32,41,43,46H,9-20H2,1-8H3,(H,44,45)/t21-,23+,24-,25+,26+,27+,28+,29+,30+,31+,32+,36-,37-,38-,39+/m1/s1. The SMILES string of the molecule is CC(=O)O[C@@H]([C@H]1C[C@@H](C)[C@H]2[C@H](O1)[C@H](O)[C@@]1(C)[C@@H]3CC[C@H]4C(C)(C)[C@@H](O[C@H]5CN([C@@H](CO)C(=O)O)CCO5)CC[C@@]45C[C@@]35CC[C@]21C)C(C)(C)O. The Morgan fingerprint density at radius 2 is 1.72 bits per heavy atom. The number of aliphatic carboxylic acids is 1. The highest BCUT2D eigenvalue weighted by molar-refractivity contribution is 5.73. The quantitative estimate of drug-likeness (QED) is 0.271. The minimum atomic E-state index is -1.28. The largest absolute Gasteiger partial charge is 0.480 e. The Labute approximate surface area is 297 Å². The summed E-state index contributed by atoms with van der Waals surface area (Å²) in [5.41, 5.74) is -1.47. The molecule has 0 unspecified atom stereocenters. The average Bonchev–Trinajstić information content (AvgIpc) is 3.65. The summed E-state index contributed by atoms with van der Waals surface area (Å²) in [5.74, 6) is -0.240. The molecule has 0 aromatic heterocycles. The number of carboxylic acid groups (broad SMARTS) is 1. The molecule has 5 saturated carbocycles. The van der Waals surface area contributed by atoms with Crippen LogP contribution < -0.4 is 0 Å². The van der Waals surface area contributed by atoms with E-state index in [1.165, 1.54) is 13.3 Å². The molecule has 11 heteroatoms. The molecule has 0 bridgehead atoms. The Bertz CT molecular complexity index is 1350. The summed E-state index contributed by atoms with van der Waals surface area (Å²) in [6, 6.07) is -0.960. The van der Waals surface area contributed by atoms with Gasteiger partial charge in [0.2, 0.25) is 0 Å². The summed E-state index contributed by atoms with van der Waals surface area (Å²) in [4.78, 5) is 25.6. The Morgan fingerprint density at radius 1 is 1.04 bits per heavy atom. The zero-order valence-electron chi connectivity index (χ0n) is 31.5. The maximum absolute atomic E-state index is 12.6. The first kappa shape index (κ1) is 37.0. The molecule has 0 amide bonds. The number of hydrogen-bond acceptors (Lipinski definition) is 10. The molecule has 7 rings (SSSR count). The lowest BCUT2D eigenvalue weighted by molar-refractivity contribution is -0.251. The first-order valence-corrected chi connectivity index (χ1v) is 19.4. The maximum atomic E-state index is 12.6. The van der Waals surface area contributed by atoms with Crippen molar-refractivity contribution < 1.29 is 49.0 Å². The summed E-state index contributed by atoms with van der Waals surface area (Å²) >= 11 is 0. The second-order valence-electron chi connectivity index (χ2n) is 19.2.